The fourth-order valence-electron chi connectivity index (χ4n) is 2.67. The molecule has 0 saturated heterocycles. The molecule has 92 valence electrons. The van der Waals surface area contributed by atoms with E-state index in [9.17, 15) is 4.79 Å². The highest BCUT2D eigenvalue weighted by Crippen LogP contribution is 2.43. The smallest absolute Gasteiger partial charge is 0.171 e. The first-order valence-corrected chi connectivity index (χ1v) is 5.88. The molecule has 0 bridgehead atoms. The Morgan fingerprint density at radius 3 is 2.59 bits per heavy atom. The summed E-state index contributed by atoms with van der Waals surface area (Å²) in [5.41, 5.74) is 2.96. The lowest BCUT2D eigenvalue weighted by atomic mass is 9.80. The van der Waals surface area contributed by atoms with E-state index in [0.717, 1.165) is 23.1 Å². The number of methoxy groups -OCH3 is 2. The fraction of sp³-hybridized carbons (Fsp3) is 0.500. The molecule has 0 aromatic heterocycles. The molecule has 1 atom stereocenters. The van der Waals surface area contributed by atoms with Gasteiger partial charge < -0.3 is 9.47 Å². The van der Waals surface area contributed by atoms with Crippen molar-refractivity contribution in [2.75, 3.05) is 14.2 Å². The van der Waals surface area contributed by atoms with Crippen molar-refractivity contribution in [2.24, 2.45) is 0 Å². The van der Waals surface area contributed by atoms with E-state index >= 15 is 0 Å². The molecule has 3 nitrogen and oxygen atoms in total. The molecule has 0 spiro atoms. The number of carbonyl (C=O) groups is 1. The third kappa shape index (κ3) is 1.79. The number of carbonyl (C=O) groups excluding carboxylic acids is 1. The molecule has 1 unspecified atom stereocenters. The summed E-state index contributed by atoms with van der Waals surface area (Å²) in [4.78, 5) is 12.1. The quantitative estimate of drug-likeness (QED) is 0.788. The number of rotatable bonds is 2. The minimum Gasteiger partial charge on any atom is -0.493 e. The first-order valence-electron chi connectivity index (χ1n) is 5.88. The van der Waals surface area contributed by atoms with Crippen molar-refractivity contribution in [3.8, 4) is 11.5 Å². The molecule has 1 aliphatic carbocycles. The van der Waals surface area contributed by atoms with Crippen molar-refractivity contribution in [3.63, 3.8) is 0 Å². The molecule has 2 rings (SSSR count). The van der Waals surface area contributed by atoms with Crippen LogP contribution in [0.3, 0.4) is 0 Å². The summed E-state index contributed by atoms with van der Waals surface area (Å²) in [6.45, 7) is 4.18. The van der Waals surface area contributed by atoms with Gasteiger partial charge in [0.05, 0.1) is 19.8 Å². The summed E-state index contributed by atoms with van der Waals surface area (Å²) in [5.74, 6) is 1.80. The van der Waals surface area contributed by atoms with Crippen LogP contribution in [0, 0.1) is 6.92 Å². The third-order valence-corrected chi connectivity index (χ3v) is 3.49. The molecule has 1 aromatic rings. The van der Waals surface area contributed by atoms with Crippen molar-refractivity contribution < 1.29 is 14.3 Å². The van der Waals surface area contributed by atoms with Gasteiger partial charge in [-0.25, -0.2) is 0 Å². The summed E-state index contributed by atoms with van der Waals surface area (Å²) in [7, 11) is 3.18. The first kappa shape index (κ1) is 12.0. The van der Waals surface area contributed by atoms with Crippen molar-refractivity contribution >= 4 is 5.78 Å². The molecule has 0 heterocycles. The number of hydrogen-bond donors (Lipinski definition) is 0. The number of fused-ring (bicyclic) bond motifs is 1. The summed E-state index contributed by atoms with van der Waals surface area (Å²) in [6, 6.07) is 1.95. The molecule has 1 aliphatic rings. The Balaban J connectivity index is 2.75. The van der Waals surface area contributed by atoms with Gasteiger partial charge >= 0.3 is 0 Å². The highest BCUT2D eigenvalue weighted by atomic mass is 16.5. The van der Waals surface area contributed by atoms with E-state index in [2.05, 4.69) is 6.92 Å². The highest BCUT2D eigenvalue weighted by molar-refractivity contribution is 6.02. The van der Waals surface area contributed by atoms with E-state index in [1.807, 2.05) is 13.0 Å². The zero-order chi connectivity index (χ0) is 12.6. The zero-order valence-electron chi connectivity index (χ0n) is 10.8. The van der Waals surface area contributed by atoms with Gasteiger partial charge in [0.1, 0.15) is 0 Å². The van der Waals surface area contributed by atoms with E-state index in [0.29, 0.717) is 23.8 Å². The lowest BCUT2D eigenvalue weighted by Crippen LogP contribution is -2.17. The van der Waals surface area contributed by atoms with Crippen molar-refractivity contribution in [1.82, 2.24) is 0 Å². The number of aryl methyl sites for hydroxylation is 1. The van der Waals surface area contributed by atoms with Crippen LogP contribution in [-0.4, -0.2) is 20.0 Å². The summed E-state index contributed by atoms with van der Waals surface area (Å²) < 4.78 is 10.7. The maximum Gasteiger partial charge on any atom is 0.171 e. The second-order valence-corrected chi connectivity index (χ2v) is 4.58. The topological polar surface area (TPSA) is 35.5 Å². The second kappa shape index (κ2) is 4.40. The van der Waals surface area contributed by atoms with Crippen LogP contribution in [0.2, 0.25) is 0 Å². The van der Waals surface area contributed by atoms with Crippen molar-refractivity contribution in [2.45, 2.75) is 32.6 Å². The van der Waals surface area contributed by atoms with Gasteiger partial charge in [-0.3, -0.25) is 4.79 Å². The van der Waals surface area contributed by atoms with Crippen LogP contribution in [0.15, 0.2) is 6.07 Å². The summed E-state index contributed by atoms with van der Waals surface area (Å²) >= 11 is 0. The molecule has 3 heteroatoms. The van der Waals surface area contributed by atoms with Crippen LogP contribution in [0.4, 0.5) is 0 Å². The Labute approximate surface area is 102 Å². The van der Waals surface area contributed by atoms with E-state index < -0.39 is 0 Å². The van der Waals surface area contributed by atoms with E-state index in [4.69, 9.17) is 9.47 Å². The van der Waals surface area contributed by atoms with E-state index in [1.165, 1.54) is 0 Å². The Hall–Kier alpha value is -1.51. The van der Waals surface area contributed by atoms with Crippen LogP contribution in [0.25, 0.3) is 0 Å². The van der Waals surface area contributed by atoms with Crippen LogP contribution >= 0.6 is 0 Å². The number of benzene rings is 1. The van der Waals surface area contributed by atoms with Crippen molar-refractivity contribution in [3.05, 3.63) is 22.8 Å². The zero-order valence-corrected chi connectivity index (χ0v) is 10.8. The van der Waals surface area contributed by atoms with Gasteiger partial charge in [-0.15, -0.1) is 0 Å². The molecular weight excluding hydrogens is 216 g/mol. The Morgan fingerprint density at radius 1 is 1.29 bits per heavy atom. The minimum atomic E-state index is 0.164. The van der Waals surface area contributed by atoms with Gasteiger partial charge in [0, 0.05) is 6.42 Å². The largest absolute Gasteiger partial charge is 0.493 e. The number of hydrogen-bond acceptors (Lipinski definition) is 3. The Morgan fingerprint density at radius 2 is 2.00 bits per heavy atom. The van der Waals surface area contributed by atoms with Crippen LogP contribution < -0.4 is 9.47 Å². The predicted octanol–water partition coefficient (Wildman–Crippen LogP) is 3.09. The molecular formula is C14H18O3. The fourth-order valence-corrected chi connectivity index (χ4v) is 2.67. The van der Waals surface area contributed by atoms with Crippen LogP contribution in [0.1, 0.15) is 47.2 Å². The Bertz CT molecular complexity index is 463. The number of ether oxygens (including phenoxy) is 2. The van der Waals surface area contributed by atoms with Crippen LogP contribution in [-0.2, 0) is 0 Å². The maximum atomic E-state index is 12.1. The van der Waals surface area contributed by atoms with Gasteiger partial charge in [0.25, 0.3) is 0 Å². The molecule has 0 radical (unpaired) electrons. The number of Topliss-reactive ketones (excluding diaryl/α,β-unsaturated/α-hetero) is 1. The number of ketones is 1. The van der Waals surface area contributed by atoms with Gasteiger partial charge in [0.2, 0.25) is 0 Å². The molecule has 0 N–H and O–H groups in total. The SMILES string of the molecule is COc1cc(C)c2c(c1OC)C(=O)CCC2C. The third-order valence-electron chi connectivity index (χ3n) is 3.49. The van der Waals surface area contributed by atoms with Crippen molar-refractivity contribution in [1.29, 1.82) is 0 Å². The lowest BCUT2D eigenvalue weighted by molar-refractivity contribution is 0.0963. The summed E-state index contributed by atoms with van der Waals surface area (Å²) in [6.07, 6.45) is 1.51. The van der Waals surface area contributed by atoms with Crippen LogP contribution in [0.5, 0.6) is 11.5 Å². The normalized spacial score (nSPS) is 18.8. The van der Waals surface area contributed by atoms with Gasteiger partial charge in [-0.1, -0.05) is 6.92 Å². The molecule has 0 fully saturated rings. The molecule has 1 aromatic carbocycles. The lowest BCUT2D eigenvalue weighted by Gasteiger charge is -2.26. The molecule has 0 aliphatic heterocycles. The predicted molar refractivity (Wildman–Crippen MR) is 66.3 cm³/mol. The second-order valence-electron chi connectivity index (χ2n) is 4.58. The van der Waals surface area contributed by atoms with Gasteiger partial charge in [-0.05, 0) is 36.5 Å². The standard InChI is InChI=1S/C14H18O3/c1-8-5-6-10(15)13-12(8)9(2)7-11(16-3)14(13)17-4/h7-8H,5-6H2,1-4H3. The molecule has 0 amide bonds. The molecule has 17 heavy (non-hydrogen) atoms. The first-order chi connectivity index (χ1) is 8.10. The van der Waals surface area contributed by atoms with E-state index in [-0.39, 0.29) is 5.78 Å². The Kier molecular flexibility index (Phi) is 3.09. The average Bonchev–Trinajstić information content (AvgIpc) is 2.32. The van der Waals surface area contributed by atoms with Gasteiger partial charge in [0.15, 0.2) is 17.3 Å². The highest BCUT2D eigenvalue weighted by Gasteiger charge is 2.30. The van der Waals surface area contributed by atoms with Gasteiger partial charge in [-0.2, -0.15) is 0 Å². The average molecular weight is 234 g/mol. The molecule has 0 saturated carbocycles. The maximum absolute atomic E-state index is 12.1. The summed E-state index contributed by atoms with van der Waals surface area (Å²) in [5, 5.41) is 0. The minimum absolute atomic E-state index is 0.164. The van der Waals surface area contributed by atoms with E-state index in [1.54, 1.807) is 14.2 Å². The monoisotopic (exact) mass is 234 g/mol.